The molecule has 1 unspecified atom stereocenters. The van der Waals surface area contributed by atoms with E-state index in [9.17, 15) is 4.39 Å². The topological polar surface area (TPSA) is 25.2 Å². The fourth-order valence-corrected chi connectivity index (χ4v) is 2.69. The van der Waals surface area contributed by atoms with E-state index in [1.165, 1.54) is 5.56 Å². The molecule has 1 aliphatic rings. The summed E-state index contributed by atoms with van der Waals surface area (Å²) in [7, 11) is 0. The van der Waals surface area contributed by atoms with Crippen LogP contribution >= 0.6 is 0 Å². The first-order chi connectivity index (χ1) is 9.24. The van der Waals surface area contributed by atoms with Crippen LogP contribution in [0.5, 0.6) is 0 Å². The lowest BCUT2D eigenvalue weighted by Gasteiger charge is -2.23. The number of rotatable bonds is 3. The Morgan fingerprint density at radius 3 is 3.11 bits per heavy atom. The van der Waals surface area contributed by atoms with Crippen LogP contribution < -0.4 is 5.32 Å². The zero-order chi connectivity index (χ0) is 13.2. The van der Waals surface area contributed by atoms with Crippen molar-refractivity contribution >= 4 is 0 Å². The number of benzene rings is 1. The second-order valence-corrected chi connectivity index (χ2v) is 5.21. The maximum absolute atomic E-state index is 13.5. The van der Waals surface area contributed by atoms with E-state index in [1.54, 1.807) is 19.3 Å². The van der Waals surface area contributed by atoms with Gasteiger partial charge in [0.2, 0.25) is 0 Å². The smallest absolute Gasteiger partial charge is 0.126 e. The van der Waals surface area contributed by atoms with E-state index in [-0.39, 0.29) is 5.82 Å². The minimum atomic E-state index is -0.132. The Balaban J connectivity index is 1.69. The molecule has 1 aromatic carbocycles. The SMILES string of the molecule is Cc1ccc(CNC2CCCc3occc32)cc1F. The van der Waals surface area contributed by atoms with Gasteiger partial charge < -0.3 is 9.73 Å². The molecule has 1 atom stereocenters. The molecule has 0 fully saturated rings. The minimum absolute atomic E-state index is 0.132. The van der Waals surface area contributed by atoms with Crippen molar-refractivity contribution in [3.8, 4) is 0 Å². The van der Waals surface area contributed by atoms with Crippen molar-refractivity contribution in [3.63, 3.8) is 0 Å². The second kappa shape index (κ2) is 5.17. The van der Waals surface area contributed by atoms with E-state index in [0.29, 0.717) is 18.2 Å². The van der Waals surface area contributed by atoms with Gasteiger partial charge in [-0.05, 0) is 43.0 Å². The third-order valence-corrected chi connectivity index (χ3v) is 3.84. The molecule has 19 heavy (non-hydrogen) atoms. The van der Waals surface area contributed by atoms with Gasteiger partial charge in [-0.2, -0.15) is 0 Å². The van der Waals surface area contributed by atoms with E-state index < -0.39 is 0 Å². The molecule has 1 heterocycles. The zero-order valence-electron chi connectivity index (χ0n) is 11.1. The maximum Gasteiger partial charge on any atom is 0.126 e. The summed E-state index contributed by atoms with van der Waals surface area (Å²) >= 11 is 0. The van der Waals surface area contributed by atoms with Crippen LogP contribution in [0.25, 0.3) is 0 Å². The highest BCUT2D eigenvalue weighted by molar-refractivity contribution is 5.26. The molecule has 0 saturated heterocycles. The summed E-state index contributed by atoms with van der Waals surface area (Å²) in [6, 6.07) is 7.79. The van der Waals surface area contributed by atoms with Gasteiger partial charge >= 0.3 is 0 Å². The van der Waals surface area contributed by atoms with E-state index in [0.717, 1.165) is 30.6 Å². The van der Waals surface area contributed by atoms with Gasteiger partial charge in [-0.15, -0.1) is 0 Å². The second-order valence-electron chi connectivity index (χ2n) is 5.21. The Bertz CT molecular complexity index is 576. The fraction of sp³-hybridized carbons (Fsp3) is 0.375. The summed E-state index contributed by atoms with van der Waals surface area (Å²) in [5.41, 5.74) is 2.94. The standard InChI is InChI=1S/C16H18FNO/c1-11-5-6-12(9-14(11)17)10-18-15-3-2-4-16-13(15)7-8-19-16/h5-9,15,18H,2-4,10H2,1H3. The number of hydrogen-bond acceptors (Lipinski definition) is 2. The molecule has 0 aliphatic heterocycles. The lowest BCUT2D eigenvalue weighted by atomic mass is 9.93. The van der Waals surface area contributed by atoms with Gasteiger partial charge in [-0.1, -0.05) is 12.1 Å². The first-order valence-corrected chi connectivity index (χ1v) is 6.79. The lowest BCUT2D eigenvalue weighted by Crippen LogP contribution is -2.24. The Kier molecular flexibility index (Phi) is 3.38. The highest BCUT2D eigenvalue weighted by atomic mass is 19.1. The number of halogens is 1. The van der Waals surface area contributed by atoms with E-state index in [1.807, 2.05) is 18.2 Å². The molecule has 0 saturated carbocycles. The molecule has 0 spiro atoms. The van der Waals surface area contributed by atoms with Crippen molar-refractivity contribution in [2.75, 3.05) is 0 Å². The first-order valence-electron chi connectivity index (χ1n) is 6.79. The quantitative estimate of drug-likeness (QED) is 0.904. The Morgan fingerprint density at radius 2 is 2.26 bits per heavy atom. The third-order valence-electron chi connectivity index (χ3n) is 3.84. The highest BCUT2D eigenvalue weighted by Gasteiger charge is 2.21. The van der Waals surface area contributed by atoms with Gasteiger partial charge in [-0.25, -0.2) is 4.39 Å². The van der Waals surface area contributed by atoms with Crippen molar-refractivity contribution in [2.45, 2.75) is 38.8 Å². The number of furan rings is 1. The van der Waals surface area contributed by atoms with Crippen LogP contribution in [0.1, 0.15) is 41.3 Å². The predicted octanol–water partition coefficient (Wildman–Crippen LogP) is 3.89. The molecule has 1 aromatic heterocycles. The zero-order valence-corrected chi connectivity index (χ0v) is 11.1. The van der Waals surface area contributed by atoms with Crippen molar-refractivity contribution < 1.29 is 8.81 Å². The van der Waals surface area contributed by atoms with E-state index in [4.69, 9.17) is 4.42 Å². The highest BCUT2D eigenvalue weighted by Crippen LogP contribution is 2.30. The van der Waals surface area contributed by atoms with Gasteiger partial charge in [0.25, 0.3) is 0 Å². The predicted molar refractivity (Wildman–Crippen MR) is 72.4 cm³/mol. The molecular weight excluding hydrogens is 241 g/mol. The average Bonchev–Trinajstić information content (AvgIpc) is 2.89. The van der Waals surface area contributed by atoms with Crippen molar-refractivity contribution in [1.29, 1.82) is 0 Å². The normalized spacial score (nSPS) is 18.3. The number of aryl methyl sites for hydroxylation is 2. The molecular formula is C16H18FNO. The summed E-state index contributed by atoms with van der Waals surface area (Å²) in [5, 5.41) is 3.50. The Labute approximate surface area is 112 Å². The van der Waals surface area contributed by atoms with Crippen molar-refractivity contribution in [1.82, 2.24) is 5.32 Å². The summed E-state index contributed by atoms with van der Waals surface area (Å²) in [6.45, 7) is 2.47. The molecule has 2 aromatic rings. The summed E-state index contributed by atoms with van der Waals surface area (Å²) < 4.78 is 19.0. The van der Waals surface area contributed by atoms with Crippen LogP contribution in [-0.2, 0) is 13.0 Å². The molecule has 0 amide bonds. The van der Waals surface area contributed by atoms with Crippen molar-refractivity contribution in [3.05, 3.63) is 58.8 Å². The van der Waals surface area contributed by atoms with Crippen molar-refractivity contribution in [2.24, 2.45) is 0 Å². The van der Waals surface area contributed by atoms with Gasteiger partial charge in [0.15, 0.2) is 0 Å². The minimum Gasteiger partial charge on any atom is -0.469 e. The van der Waals surface area contributed by atoms with E-state index >= 15 is 0 Å². The molecule has 1 aliphatic carbocycles. The maximum atomic E-state index is 13.5. The molecule has 3 rings (SSSR count). The van der Waals surface area contributed by atoms with Gasteiger partial charge in [0, 0.05) is 24.6 Å². The molecule has 0 bridgehead atoms. The fourth-order valence-electron chi connectivity index (χ4n) is 2.69. The van der Waals surface area contributed by atoms with Gasteiger partial charge in [-0.3, -0.25) is 0 Å². The molecule has 2 nitrogen and oxygen atoms in total. The Hall–Kier alpha value is -1.61. The molecule has 100 valence electrons. The molecule has 1 N–H and O–H groups in total. The van der Waals surface area contributed by atoms with Crippen LogP contribution in [0.4, 0.5) is 4.39 Å². The molecule has 3 heteroatoms. The summed E-state index contributed by atoms with van der Waals surface area (Å²) in [4.78, 5) is 0. The van der Waals surface area contributed by atoms with Crippen LogP contribution in [0.3, 0.4) is 0 Å². The average molecular weight is 259 g/mol. The summed E-state index contributed by atoms with van der Waals surface area (Å²) in [6.07, 6.45) is 5.04. The van der Waals surface area contributed by atoms with Crippen LogP contribution in [-0.4, -0.2) is 0 Å². The largest absolute Gasteiger partial charge is 0.469 e. The van der Waals surface area contributed by atoms with Crippen LogP contribution in [0.15, 0.2) is 34.9 Å². The first kappa shape index (κ1) is 12.4. The summed E-state index contributed by atoms with van der Waals surface area (Å²) in [5.74, 6) is 0.964. The van der Waals surface area contributed by atoms with Crippen LogP contribution in [0, 0.1) is 12.7 Å². The number of hydrogen-bond donors (Lipinski definition) is 1. The van der Waals surface area contributed by atoms with E-state index in [2.05, 4.69) is 5.32 Å². The monoisotopic (exact) mass is 259 g/mol. The number of fused-ring (bicyclic) bond motifs is 1. The molecule has 0 radical (unpaired) electrons. The Morgan fingerprint density at radius 1 is 1.37 bits per heavy atom. The number of nitrogens with one attached hydrogen (secondary N) is 1. The van der Waals surface area contributed by atoms with Gasteiger partial charge in [0.1, 0.15) is 11.6 Å². The third kappa shape index (κ3) is 2.56. The van der Waals surface area contributed by atoms with Gasteiger partial charge in [0.05, 0.1) is 6.26 Å². The lowest BCUT2D eigenvalue weighted by molar-refractivity contribution is 0.410. The van der Waals surface area contributed by atoms with Crippen LogP contribution in [0.2, 0.25) is 0 Å².